The van der Waals surface area contributed by atoms with Gasteiger partial charge in [-0.2, -0.15) is 0 Å². The van der Waals surface area contributed by atoms with Crippen LogP contribution in [0.15, 0.2) is 18.3 Å². The quantitative estimate of drug-likeness (QED) is 0.867. The van der Waals surface area contributed by atoms with Gasteiger partial charge in [-0.15, -0.1) is 0 Å². The van der Waals surface area contributed by atoms with Crippen molar-refractivity contribution in [3.8, 4) is 0 Å². The molecule has 1 saturated carbocycles. The third-order valence-electron chi connectivity index (χ3n) is 4.04. The van der Waals surface area contributed by atoms with Gasteiger partial charge < -0.3 is 10.6 Å². The first-order valence-corrected chi connectivity index (χ1v) is 7.61. The summed E-state index contributed by atoms with van der Waals surface area (Å²) in [6.07, 6.45) is 7.81. The lowest BCUT2D eigenvalue weighted by atomic mass is 9.95. The lowest BCUT2D eigenvalue weighted by Crippen LogP contribution is -2.46. The smallest absolute Gasteiger partial charge is 0.237 e. The zero-order valence-corrected chi connectivity index (χ0v) is 12.5. The van der Waals surface area contributed by atoms with Crippen LogP contribution in [-0.2, 0) is 11.3 Å². The van der Waals surface area contributed by atoms with Crippen molar-refractivity contribution >= 4 is 5.91 Å². The number of aromatic nitrogens is 1. The normalized spacial score (nSPS) is 17.7. The summed E-state index contributed by atoms with van der Waals surface area (Å²) in [5, 5.41) is 6.40. The van der Waals surface area contributed by atoms with Crippen LogP contribution in [0.3, 0.4) is 0 Å². The van der Waals surface area contributed by atoms with E-state index in [-0.39, 0.29) is 11.9 Å². The van der Waals surface area contributed by atoms with Crippen molar-refractivity contribution < 1.29 is 4.79 Å². The second-order valence-corrected chi connectivity index (χ2v) is 5.71. The van der Waals surface area contributed by atoms with Crippen LogP contribution < -0.4 is 10.6 Å². The maximum atomic E-state index is 12.1. The molecule has 0 spiro atoms. The highest BCUT2D eigenvalue weighted by Crippen LogP contribution is 2.17. The van der Waals surface area contributed by atoms with Crippen molar-refractivity contribution in [1.82, 2.24) is 15.6 Å². The number of hydrogen-bond acceptors (Lipinski definition) is 3. The Bertz CT molecular complexity index is 441. The van der Waals surface area contributed by atoms with E-state index in [2.05, 4.69) is 15.6 Å². The Labute approximate surface area is 121 Å². The number of pyridine rings is 1. The first kappa shape index (κ1) is 15.0. The van der Waals surface area contributed by atoms with E-state index >= 15 is 0 Å². The summed E-state index contributed by atoms with van der Waals surface area (Å²) in [7, 11) is 0. The highest BCUT2D eigenvalue weighted by Gasteiger charge is 2.19. The van der Waals surface area contributed by atoms with Gasteiger partial charge in [0.05, 0.1) is 11.7 Å². The molecule has 0 bridgehead atoms. The van der Waals surface area contributed by atoms with Gasteiger partial charge in [0, 0.05) is 18.8 Å². The molecule has 0 aromatic carbocycles. The van der Waals surface area contributed by atoms with Crippen LogP contribution in [0.25, 0.3) is 0 Å². The summed E-state index contributed by atoms with van der Waals surface area (Å²) in [4.78, 5) is 16.5. The van der Waals surface area contributed by atoms with E-state index in [1.807, 2.05) is 26.0 Å². The van der Waals surface area contributed by atoms with Crippen LogP contribution in [-0.4, -0.2) is 23.0 Å². The molecular formula is C16H25N3O. The van der Waals surface area contributed by atoms with Gasteiger partial charge in [0.1, 0.15) is 0 Å². The molecule has 4 heteroatoms. The molecule has 0 aliphatic heterocycles. The van der Waals surface area contributed by atoms with Gasteiger partial charge >= 0.3 is 0 Å². The van der Waals surface area contributed by atoms with Crippen LogP contribution in [0.5, 0.6) is 0 Å². The minimum Gasteiger partial charge on any atom is -0.352 e. The summed E-state index contributed by atoms with van der Waals surface area (Å²) in [6.45, 7) is 4.58. The minimum absolute atomic E-state index is 0.102. The Hall–Kier alpha value is -1.42. The molecule has 1 aromatic heterocycles. The number of aryl methyl sites for hydroxylation is 1. The molecule has 1 aliphatic carbocycles. The van der Waals surface area contributed by atoms with E-state index in [1.54, 1.807) is 6.20 Å². The van der Waals surface area contributed by atoms with E-state index in [1.165, 1.54) is 19.3 Å². The average Bonchev–Trinajstić information content (AvgIpc) is 2.47. The summed E-state index contributed by atoms with van der Waals surface area (Å²) < 4.78 is 0. The monoisotopic (exact) mass is 275 g/mol. The molecule has 4 nitrogen and oxygen atoms in total. The highest BCUT2D eigenvalue weighted by molar-refractivity contribution is 5.81. The summed E-state index contributed by atoms with van der Waals surface area (Å²) >= 11 is 0. The number of nitrogens with zero attached hydrogens (tertiary/aromatic N) is 1. The molecular weight excluding hydrogens is 250 g/mol. The predicted molar refractivity (Wildman–Crippen MR) is 80.3 cm³/mol. The Kier molecular flexibility index (Phi) is 5.53. The Morgan fingerprint density at radius 2 is 2.15 bits per heavy atom. The first-order valence-electron chi connectivity index (χ1n) is 7.61. The zero-order chi connectivity index (χ0) is 14.4. The van der Waals surface area contributed by atoms with E-state index in [0.29, 0.717) is 12.6 Å². The molecule has 0 saturated heterocycles. The van der Waals surface area contributed by atoms with Gasteiger partial charge in [-0.1, -0.05) is 25.3 Å². The van der Waals surface area contributed by atoms with E-state index in [4.69, 9.17) is 0 Å². The molecule has 1 unspecified atom stereocenters. The number of nitrogens with one attached hydrogen (secondary N) is 2. The Balaban J connectivity index is 1.77. The van der Waals surface area contributed by atoms with Crippen LogP contribution in [0.4, 0.5) is 0 Å². The zero-order valence-electron chi connectivity index (χ0n) is 12.5. The van der Waals surface area contributed by atoms with E-state index in [0.717, 1.165) is 24.1 Å². The number of carbonyl (C=O) groups excluding carboxylic acids is 1. The molecule has 1 heterocycles. The minimum atomic E-state index is -0.182. The molecule has 110 valence electrons. The summed E-state index contributed by atoms with van der Waals surface area (Å²) in [5.41, 5.74) is 2.16. The lowest BCUT2D eigenvalue weighted by molar-refractivity contribution is -0.123. The number of carbonyl (C=O) groups is 1. The Morgan fingerprint density at radius 3 is 2.85 bits per heavy atom. The molecule has 1 amide bonds. The molecule has 1 aliphatic rings. The maximum absolute atomic E-state index is 12.1. The number of rotatable bonds is 5. The molecule has 20 heavy (non-hydrogen) atoms. The van der Waals surface area contributed by atoms with E-state index < -0.39 is 0 Å². The third-order valence-corrected chi connectivity index (χ3v) is 4.04. The van der Waals surface area contributed by atoms with Gasteiger partial charge in [-0.05, 0) is 38.3 Å². The number of amides is 1. The standard InChI is InChI=1S/C16H25N3O/c1-12-7-6-10-17-15(12)11-18-13(2)16(20)19-14-8-4-3-5-9-14/h6-7,10,13-14,18H,3-5,8-9,11H2,1-2H3,(H,19,20). The van der Waals surface area contributed by atoms with Crippen molar-refractivity contribution in [2.24, 2.45) is 0 Å². The molecule has 1 fully saturated rings. The number of hydrogen-bond donors (Lipinski definition) is 2. The molecule has 2 N–H and O–H groups in total. The SMILES string of the molecule is Cc1cccnc1CNC(C)C(=O)NC1CCCCC1. The van der Waals surface area contributed by atoms with Crippen molar-refractivity contribution in [3.63, 3.8) is 0 Å². The lowest BCUT2D eigenvalue weighted by Gasteiger charge is -2.24. The van der Waals surface area contributed by atoms with Crippen LogP contribution in [0.2, 0.25) is 0 Å². The molecule has 0 radical (unpaired) electrons. The topological polar surface area (TPSA) is 54.0 Å². The van der Waals surface area contributed by atoms with Crippen molar-refractivity contribution in [1.29, 1.82) is 0 Å². The third kappa shape index (κ3) is 4.30. The fourth-order valence-corrected chi connectivity index (χ4v) is 2.62. The molecule has 1 aromatic rings. The van der Waals surface area contributed by atoms with Gasteiger partial charge in [0.2, 0.25) is 5.91 Å². The first-order chi connectivity index (χ1) is 9.66. The van der Waals surface area contributed by atoms with Gasteiger partial charge in [-0.3, -0.25) is 9.78 Å². The second kappa shape index (κ2) is 7.39. The molecule has 1 atom stereocenters. The predicted octanol–water partition coefficient (Wildman–Crippen LogP) is 2.32. The second-order valence-electron chi connectivity index (χ2n) is 5.71. The Morgan fingerprint density at radius 1 is 1.40 bits per heavy atom. The fourth-order valence-electron chi connectivity index (χ4n) is 2.62. The van der Waals surface area contributed by atoms with Crippen LogP contribution in [0, 0.1) is 6.92 Å². The fraction of sp³-hybridized carbons (Fsp3) is 0.625. The van der Waals surface area contributed by atoms with Crippen molar-refractivity contribution in [2.75, 3.05) is 0 Å². The van der Waals surface area contributed by atoms with Crippen LogP contribution in [0.1, 0.15) is 50.3 Å². The molecule has 2 rings (SSSR count). The maximum Gasteiger partial charge on any atom is 0.237 e. The van der Waals surface area contributed by atoms with Crippen molar-refractivity contribution in [3.05, 3.63) is 29.6 Å². The summed E-state index contributed by atoms with van der Waals surface area (Å²) in [5.74, 6) is 0.102. The van der Waals surface area contributed by atoms with Crippen molar-refractivity contribution in [2.45, 2.75) is 64.6 Å². The van der Waals surface area contributed by atoms with Gasteiger partial charge in [0.15, 0.2) is 0 Å². The average molecular weight is 275 g/mol. The van der Waals surface area contributed by atoms with Gasteiger partial charge in [-0.25, -0.2) is 0 Å². The van der Waals surface area contributed by atoms with Crippen LogP contribution >= 0.6 is 0 Å². The van der Waals surface area contributed by atoms with E-state index in [9.17, 15) is 4.79 Å². The largest absolute Gasteiger partial charge is 0.352 e. The summed E-state index contributed by atoms with van der Waals surface area (Å²) in [6, 6.07) is 4.16. The van der Waals surface area contributed by atoms with Gasteiger partial charge in [0.25, 0.3) is 0 Å². The highest BCUT2D eigenvalue weighted by atomic mass is 16.2.